The number of ether oxygens (including phenoxy) is 1. The molecule has 6 heteroatoms. The quantitative estimate of drug-likeness (QED) is 0.711. The van der Waals surface area contributed by atoms with Crippen LogP contribution in [-0.4, -0.2) is 15.7 Å². The van der Waals surface area contributed by atoms with E-state index in [1.807, 2.05) is 12.1 Å². The molecule has 1 amide bonds. The zero-order chi connectivity index (χ0) is 17.6. The number of hydrogen-bond donors (Lipinski definition) is 1. The standard InChI is InChI=1S/C19H21N3O3/c1-3-4-14-5-7-15(8-6-14)24-13-16-9-10-17(25-16)19(23)20-18-11-12-22(2)21-18/h5-12H,3-4,13H2,1-2H3,(H,20,21,23). The molecule has 6 nitrogen and oxygen atoms in total. The van der Waals surface area contributed by atoms with Crippen molar-refractivity contribution in [2.75, 3.05) is 5.32 Å². The summed E-state index contributed by atoms with van der Waals surface area (Å²) in [6.45, 7) is 2.42. The van der Waals surface area contributed by atoms with Crippen LogP contribution < -0.4 is 10.1 Å². The van der Waals surface area contributed by atoms with Gasteiger partial charge in [0.1, 0.15) is 18.1 Å². The van der Waals surface area contributed by atoms with Crippen molar-refractivity contribution < 1.29 is 13.9 Å². The number of nitrogens with one attached hydrogen (secondary N) is 1. The lowest BCUT2D eigenvalue weighted by atomic mass is 10.1. The topological polar surface area (TPSA) is 69.3 Å². The number of aromatic nitrogens is 2. The van der Waals surface area contributed by atoms with Gasteiger partial charge in [0, 0.05) is 19.3 Å². The molecule has 0 unspecified atom stereocenters. The number of rotatable bonds is 7. The molecule has 2 aromatic heterocycles. The van der Waals surface area contributed by atoms with Crippen molar-refractivity contribution in [3.05, 3.63) is 65.7 Å². The molecule has 0 aliphatic rings. The van der Waals surface area contributed by atoms with E-state index < -0.39 is 0 Å². The number of amides is 1. The molecule has 2 heterocycles. The maximum atomic E-state index is 12.1. The highest BCUT2D eigenvalue weighted by Gasteiger charge is 2.13. The van der Waals surface area contributed by atoms with Crippen molar-refractivity contribution in [2.24, 2.45) is 7.05 Å². The molecule has 1 N–H and O–H groups in total. The van der Waals surface area contributed by atoms with Crippen LogP contribution in [-0.2, 0) is 20.1 Å². The van der Waals surface area contributed by atoms with E-state index in [1.54, 1.807) is 36.1 Å². The zero-order valence-corrected chi connectivity index (χ0v) is 14.4. The van der Waals surface area contributed by atoms with Crippen molar-refractivity contribution in [2.45, 2.75) is 26.4 Å². The molecule has 0 spiro atoms. The summed E-state index contributed by atoms with van der Waals surface area (Å²) in [7, 11) is 1.78. The van der Waals surface area contributed by atoms with Gasteiger partial charge in [-0.3, -0.25) is 9.48 Å². The SMILES string of the molecule is CCCc1ccc(OCc2ccc(C(=O)Nc3ccn(C)n3)o2)cc1. The number of carbonyl (C=O) groups excluding carboxylic acids is 1. The van der Waals surface area contributed by atoms with Crippen LogP contribution in [0.25, 0.3) is 0 Å². The Balaban J connectivity index is 1.55. The zero-order valence-electron chi connectivity index (χ0n) is 14.4. The van der Waals surface area contributed by atoms with Crippen LogP contribution in [0.1, 0.15) is 35.2 Å². The maximum absolute atomic E-state index is 12.1. The lowest BCUT2D eigenvalue weighted by Crippen LogP contribution is -2.11. The summed E-state index contributed by atoms with van der Waals surface area (Å²) in [5.74, 6) is 1.73. The third-order valence-corrected chi connectivity index (χ3v) is 3.68. The third kappa shape index (κ3) is 4.50. The molecular weight excluding hydrogens is 318 g/mol. The Kier molecular flexibility index (Phi) is 5.18. The van der Waals surface area contributed by atoms with Gasteiger partial charge in [0.15, 0.2) is 11.6 Å². The van der Waals surface area contributed by atoms with E-state index in [0.29, 0.717) is 11.6 Å². The molecular formula is C19H21N3O3. The van der Waals surface area contributed by atoms with Crippen LogP contribution in [0.4, 0.5) is 5.82 Å². The minimum absolute atomic E-state index is 0.225. The number of nitrogens with zero attached hydrogens (tertiary/aromatic N) is 2. The highest BCUT2D eigenvalue weighted by Crippen LogP contribution is 2.17. The minimum Gasteiger partial charge on any atom is -0.486 e. The van der Waals surface area contributed by atoms with Gasteiger partial charge in [-0.15, -0.1) is 0 Å². The Bertz CT molecular complexity index is 834. The number of furan rings is 1. The molecule has 0 saturated heterocycles. The molecule has 0 aliphatic heterocycles. The average molecular weight is 339 g/mol. The molecule has 1 aromatic carbocycles. The Morgan fingerprint density at radius 1 is 1.20 bits per heavy atom. The lowest BCUT2D eigenvalue weighted by Gasteiger charge is -2.05. The number of hydrogen-bond acceptors (Lipinski definition) is 4. The van der Waals surface area contributed by atoms with Gasteiger partial charge >= 0.3 is 0 Å². The van der Waals surface area contributed by atoms with E-state index >= 15 is 0 Å². The molecule has 3 aromatic rings. The second-order valence-corrected chi connectivity index (χ2v) is 5.78. The van der Waals surface area contributed by atoms with Crippen molar-refractivity contribution in [1.82, 2.24) is 9.78 Å². The van der Waals surface area contributed by atoms with E-state index in [9.17, 15) is 4.79 Å². The Morgan fingerprint density at radius 3 is 2.68 bits per heavy atom. The van der Waals surface area contributed by atoms with Crippen LogP contribution in [0.15, 0.2) is 53.1 Å². The molecule has 0 fully saturated rings. The van der Waals surface area contributed by atoms with Gasteiger partial charge in [-0.2, -0.15) is 5.10 Å². The van der Waals surface area contributed by atoms with Crippen molar-refractivity contribution in [1.29, 1.82) is 0 Å². The summed E-state index contributed by atoms with van der Waals surface area (Å²) < 4.78 is 12.8. The van der Waals surface area contributed by atoms with Gasteiger partial charge in [0.05, 0.1) is 0 Å². The van der Waals surface area contributed by atoms with E-state index in [4.69, 9.17) is 9.15 Å². The van der Waals surface area contributed by atoms with Gasteiger partial charge in [-0.25, -0.2) is 0 Å². The third-order valence-electron chi connectivity index (χ3n) is 3.68. The maximum Gasteiger partial charge on any atom is 0.292 e. The van der Waals surface area contributed by atoms with Crippen LogP contribution >= 0.6 is 0 Å². The van der Waals surface area contributed by atoms with E-state index in [1.165, 1.54) is 5.56 Å². The summed E-state index contributed by atoms with van der Waals surface area (Å²) in [4.78, 5) is 12.1. The molecule has 0 atom stereocenters. The van der Waals surface area contributed by atoms with E-state index in [2.05, 4.69) is 29.5 Å². The fourth-order valence-electron chi connectivity index (χ4n) is 2.43. The first-order chi connectivity index (χ1) is 12.1. The summed E-state index contributed by atoms with van der Waals surface area (Å²) in [5, 5.41) is 6.78. The number of anilines is 1. The highest BCUT2D eigenvalue weighted by molar-refractivity contribution is 6.01. The predicted octanol–water partition coefficient (Wildman–Crippen LogP) is 3.80. The molecule has 0 saturated carbocycles. The van der Waals surface area contributed by atoms with Crippen molar-refractivity contribution in [3.8, 4) is 5.75 Å². The smallest absolute Gasteiger partial charge is 0.292 e. The van der Waals surface area contributed by atoms with Crippen LogP contribution in [0.2, 0.25) is 0 Å². The minimum atomic E-state index is -0.339. The fourth-order valence-corrected chi connectivity index (χ4v) is 2.43. The summed E-state index contributed by atoms with van der Waals surface area (Å²) in [5.41, 5.74) is 1.29. The number of aryl methyl sites for hydroxylation is 2. The Hall–Kier alpha value is -3.02. The monoisotopic (exact) mass is 339 g/mol. The van der Waals surface area contributed by atoms with Crippen LogP contribution in [0.3, 0.4) is 0 Å². The first kappa shape index (κ1) is 16.8. The lowest BCUT2D eigenvalue weighted by molar-refractivity contribution is 0.0992. The Labute approximate surface area is 146 Å². The molecule has 0 bridgehead atoms. The largest absolute Gasteiger partial charge is 0.486 e. The van der Waals surface area contributed by atoms with Crippen LogP contribution in [0.5, 0.6) is 5.75 Å². The van der Waals surface area contributed by atoms with Gasteiger partial charge in [0.2, 0.25) is 0 Å². The fraction of sp³-hybridized carbons (Fsp3) is 0.263. The predicted molar refractivity (Wildman–Crippen MR) is 94.6 cm³/mol. The molecule has 3 rings (SSSR count). The molecule has 25 heavy (non-hydrogen) atoms. The second kappa shape index (κ2) is 7.70. The molecule has 0 aliphatic carbocycles. The van der Waals surface area contributed by atoms with E-state index in [0.717, 1.165) is 18.6 Å². The van der Waals surface area contributed by atoms with Crippen LogP contribution in [0, 0.1) is 0 Å². The summed E-state index contributed by atoms with van der Waals surface area (Å²) in [6.07, 6.45) is 3.94. The average Bonchev–Trinajstić information content (AvgIpc) is 3.24. The van der Waals surface area contributed by atoms with Gasteiger partial charge in [-0.1, -0.05) is 25.5 Å². The molecule has 130 valence electrons. The van der Waals surface area contributed by atoms with Gasteiger partial charge < -0.3 is 14.5 Å². The first-order valence-electron chi connectivity index (χ1n) is 8.25. The van der Waals surface area contributed by atoms with E-state index in [-0.39, 0.29) is 18.3 Å². The Morgan fingerprint density at radius 2 is 2.00 bits per heavy atom. The highest BCUT2D eigenvalue weighted by atomic mass is 16.5. The first-order valence-corrected chi connectivity index (χ1v) is 8.25. The molecule has 0 radical (unpaired) electrons. The number of carbonyl (C=O) groups is 1. The normalized spacial score (nSPS) is 10.6. The summed E-state index contributed by atoms with van der Waals surface area (Å²) in [6, 6.07) is 13.1. The second-order valence-electron chi connectivity index (χ2n) is 5.78. The summed E-state index contributed by atoms with van der Waals surface area (Å²) >= 11 is 0. The van der Waals surface area contributed by atoms with Crippen molar-refractivity contribution >= 4 is 11.7 Å². The van der Waals surface area contributed by atoms with Gasteiger partial charge in [-0.05, 0) is 36.2 Å². The number of benzene rings is 1. The van der Waals surface area contributed by atoms with Gasteiger partial charge in [0.25, 0.3) is 5.91 Å². The van der Waals surface area contributed by atoms with Crippen molar-refractivity contribution in [3.63, 3.8) is 0 Å².